The van der Waals surface area contributed by atoms with E-state index >= 15 is 0 Å². The molecule has 0 saturated heterocycles. The van der Waals surface area contributed by atoms with Gasteiger partial charge in [0.15, 0.2) is 0 Å². The van der Waals surface area contributed by atoms with Crippen LogP contribution in [0.3, 0.4) is 0 Å². The molecule has 1 heterocycles. The molecule has 1 aromatic heterocycles. The SMILES string of the molecule is O=C(CSc1ccccc1)NNC(=O)c1cccs1. The van der Waals surface area contributed by atoms with Crippen molar-refractivity contribution >= 4 is 34.9 Å². The number of benzene rings is 1. The molecular formula is C13H12N2O2S2. The summed E-state index contributed by atoms with van der Waals surface area (Å²) in [4.78, 5) is 24.7. The highest BCUT2D eigenvalue weighted by atomic mass is 32.2. The lowest BCUT2D eigenvalue weighted by molar-refractivity contribution is -0.119. The molecule has 1 aromatic carbocycles. The molecule has 6 heteroatoms. The van der Waals surface area contributed by atoms with Gasteiger partial charge in [-0.1, -0.05) is 24.3 Å². The Morgan fingerprint density at radius 1 is 1.05 bits per heavy atom. The van der Waals surface area contributed by atoms with Crippen molar-refractivity contribution in [1.29, 1.82) is 0 Å². The van der Waals surface area contributed by atoms with Crippen LogP contribution >= 0.6 is 23.1 Å². The predicted molar refractivity (Wildman–Crippen MR) is 77.1 cm³/mol. The molecule has 0 bridgehead atoms. The molecule has 2 N–H and O–H groups in total. The standard InChI is InChI=1S/C13H12N2O2S2/c16-12(9-19-10-5-2-1-3-6-10)14-15-13(17)11-7-4-8-18-11/h1-8H,9H2,(H,14,16)(H,15,17). The van der Waals surface area contributed by atoms with E-state index in [0.29, 0.717) is 4.88 Å². The fourth-order valence-corrected chi connectivity index (χ4v) is 2.64. The van der Waals surface area contributed by atoms with Crippen molar-refractivity contribution < 1.29 is 9.59 Å². The smallest absolute Gasteiger partial charge is 0.272 e. The fourth-order valence-electron chi connectivity index (χ4n) is 1.30. The maximum Gasteiger partial charge on any atom is 0.279 e. The number of hydrazine groups is 1. The van der Waals surface area contributed by atoms with E-state index in [9.17, 15) is 9.59 Å². The molecule has 0 unspecified atom stereocenters. The largest absolute Gasteiger partial charge is 0.279 e. The third-order valence-electron chi connectivity index (χ3n) is 2.17. The highest BCUT2D eigenvalue weighted by Crippen LogP contribution is 2.16. The number of thiophene rings is 1. The zero-order valence-electron chi connectivity index (χ0n) is 9.96. The predicted octanol–water partition coefficient (Wildman–Crippen LogP) is 2.30. The first-order valence-corrected chi connectivity index (χ1v) is 7.43. The summed E-state index contributed by atoms with van der Waals surface area (Å²) in [5.74, 6) is -0.277. The number of thioether (sulfide) groups is 1. The van der Waals surface area contributed by atoms with Crippen LogP contribution in [0.1, 0.15) is 9.67 Å². The Hall–Kier alpha value is -1.79. The Kier molecular flexibility index (Phi) is 5.00. The Morgan fingerprint density at radius 3 is 2.53 bits per heavy atom. The van der Waals surface area contributed by atoms with Gasteiger partial charge in [0, 0.05) is 4.90 Å². The molecule has 0 aliphatic carbocycles. The van der Waals surface area contributed by atoms with E-state index in [-0.39, 0.29) is 17.6 Å². The summed E-state index contributed by atoms with van der Waals surface area (Å²) in [7, 11) is 0. The van der Waals surface area contributed by atoms with Gasteiger partial charge in [-0.25, -0.2) is 0 Å². The van der Waals surface area contributed by atoms with Crippen LogP contribution in [-0.4, -0.2) is 17.6 Å². The Balaban J connectivity index is 1.72. The minimum atomic E-state index is -0.298. The maximum absolute atomic E-state index is 11.6. The van der Waals surface area contributed by atoms with Crippen molar-refractivity contribution in [3.05, 3.63) is 52.7 Å². The first-order chi connectivity index (χ1) is 9.25. The molecule has 2 rings (SSSR count). The normalized spacial score (nSPS) is 9.89. The minimum Gasteiger partial charge on any atom is -0.272 e. The van der Waals surface area contributed by atoms with Crippen LogP contribution in [0.5, 0.6) is 0 Å². The Bertz CT molecular complexity index is 541. The van der Waals surface area contributed by atoms with Crippen LogP contribution in [0.25, 0.3) is 0 Å². The third kappa shape index (κ3) is 4.42. The van der Waals surface area contributed by atoms with E-state index in [1.54, 1.807) is 12.1 Å². The van der Waals surface area contributed by atoms with Gasteiger partial charge >= 0.3 is 0 Å². The van der Waals surface area contributed by atoms with Gasteiger partial charge in [-0.05, 0) is 23.6 Å². The summed E-state index contributed by atoms with van der Waals surface area (Å²) >= 11 is 2.74. The Labute approximate surface area is 119 Å². The monoisotopic (exact) mass is 292 g/mol. The van der Waals surface area contributed by atoms with Crippen LogP contribution in [0.4, 0.5) is 0 Å². The second kappa shape index (κ2) is 6.96. The van der Waals surface area contributed by atoms with Crippen molar-refractivity contribution in [1.82, 2.24) is 10.9 Å². The molecule has 4 nitrogen and oxygen atoms in total. The van der Waals surface area contributed by atoms with Gasteiger partial charge < -0.3 is 0 Å². The van der Waals surface area contributed by atoms with Crippen LogP contribution in [0.2, 0.25) is 0 Å². The molecular weight excluding hydrogens is 280 g/mol. The number of rotatable bonds is 4. The molecule has 0 fully saturated rings. The first-order valence-electron chi connectivity index (χ1n) is 5.56. The molecule has 0 saturated carbocycles. The van der Waals surface area contributed by atoms with Gasteiger partial charge in [0.25, 0.3) is 5.91 Å². The second-order valence-corrected chi connectivity index (χ2v) is 5.58. The molecule has 0 aliphatic rings. The molecule has 19 heavy (non-hydrogen) atoms. The highest BCUT2D eigenvalue weighted by molar-refractivity contribution is 8.00. The molecule has 0 aliphatic heterocycles. The van der Waals surface area contributed by atoms with Gasteiger partial charge in [-0.3, -0.25) is 20.4 Å². The van der Waals surface area contributed by atoms with E-state index in [4.69, 9.17) is 0 Å². The summed E-state index contributed by atoms with van der Waals surface area (Å²) in [6.07, 6.45) is 0. The first kappa shape index (κ1) is 13.6. The number of nitrogens with one attached hydrogen (secondary N) is 2. The lowest BCUT2D eigenvalue weighted by Crippen LogP contribution is -2.42. The summed E-state index contributed by atoms with van der Waals surface area (Å²) in [6, 6.07) is 13.1. The molecule has 0 radical (unpaired) electrons. The van der Waals surface area contributed by atoms with E-state index < -0.39 is 0 Å². The van der Waals surface area contributed by atoms with Gasteiger partial charge in [0.05, 0.1) is 10.6 Å². The molecule has 98 valence electrons. The highest BCUT2D eigenvalue weighted by Gasteiger charge is 2.08. The quantitative estimate of drug-likeness (QED) is 0.671. The number of carbonyl (C=O) groups excluding carboxylic acids is 2. The van der Waals surface area contributed by atoms with E-state index in [2.05, 4.69) is 10.9 Å². The van der Waals surface area contributed by atoms with Gasteiger partial charge in [0.1, 0.15) is 0 Å². The molecule has 0 atom stereocenters. The van der Waals surface area contributed by atoms with Crippen molar-refractivity contribution in [2.75, 3.05) is 5.75 Å². The number of hydrogen-bond donors (Lipinski definition) is 2. The van der Waals surface area contributed by atoms with Crippen LogP contribution < -0.4 is 10.9 Å². The molecule has 0 spiro atoms. The van der Waals surface area contributed by atoms with Crippen LogP contribution in [-0.2, 0) is 4.79 Å². The zero-order chi connectivity index (χ0) is 13.5. The van der Waals surface area contributed by atoms with Crippen LogP contribution in [0.15, 0.2) is 52.7 Å². The second-order valence-electron chi connectivity index (χ2n) is 3.58. The zero-order valence-corrected chi connectivity index (χ0v) is 11.6. The minimum absolute atomic E-state index is 0.237. The third-order valence-corrected chi connectivity index (χ3v) is 4.05. The van der Waals surface area contributed by atoms with E-state index in [0.717, 1.165) is 4.90 Å². The average Bonchev–Trinajstić information content (AvgIpc) is 2.98. The summed E-state index contributed by atoms with van der Waals surface area (Å²) in [5.41, 5.74) is 4.77. The molecule has 2 amide bonds. The summed E-state index contributed by atoms with van der Waals surface area (Å²) in [6.45, 7) is 0. The van der Waals surface area contributed by atoms with E-state index in [1.807, 2.05) is 35.7 Å². The van der Waals surface area contributed by atoms with Crippen molar-refractivity contribution in [3.8, 4) is 0 Å². The van der Waals surface area contributed by atoms with Crippen molar-refractivity contribution in [2.24, 2.45) is 0 Å². The fraction of sp³-hybridized carbons (Fsp3) is 0.0769. The lowest BCUT2D eigenvalue weighted by atomic mass is 10.4. The van der Waals surface area contributed by atoms with Gasteiger partial charge in [-0.2, -0.15) is 0 Å². The maximum atomic E-state index is 11.6. The van der Waals surface area contributed by atoms with Gasteiger partial charge in [0.2, 0.25) is 5.91 Å². The number of carbonyl (C=O) groups is 2. The number of hydrogen-bond acceptors (Lipinski definition) is 4. The van der Waals surface area contributed by atoms with E-state index in [1.165, 1.54) is 23.1 Å². The number of amides is 2. The summed E-state index contributed by atoms with van der Waals surface area (Å²) in [5, 5.41) is 1.81. The van der Waals surface area contributed by atoms with Crippen LogP contribution in [0, 0.1) is 0 Å². The van der Waals surface area contributed by atoms with Crippen molar-refractivity contribution in [3.63, 3.8) is 0 Å². The molecule has 2 aromatic rings. The lowest BCUT2D eigenvalue weighted by Gasteiger charge is -2.06. The average molecular weight is 292 g/mol. The summed E-state index contributed by atoms with van der Waals surface area (Å²) < 4.78 is 0. The van der Waals surface area contributed by atoms with Gasteiger partial charge in [-0.15, -0.1) is 23.1 Å². The van der Waals surface area contributed by atoms with Crippen molar-refractivity contribution in [2.45, 2.75) is 4.90 Å². The Morgan fingerprint density at radius 2 is 1.84 bits per heavy atom. The topological polar surface area (TPSA) is 58.2 Å².